The van der Waals surface area contributed by atoms with Crippen molar-refractivity contribution in [3.8, 4) is 0 Å². The van der Waals surface area contributed by atoms with Crippen molar-refractivity contribution in [1.82, 2.24) is 10.2 Å². The molecular weight excluding hydrogens is 330 g/mol. The lowest BCUT2D eigenvalue weighted by Crippen LogP contribution is -2.54. The number of para-hydroxylation sites is 1. The maximum absolute atomic E-state index is 13.0. The highest BCUT2D eigenvalue weighted by molar-refractivity contribution is 6.10. The quantitative estimate of drug-likeness (QED) is 0.829. The van der Waals surface area contributed by atoms with Crippen LogP contribution in [0.15, 0.2) is 24.3 Å². The molecule has 26 heavy (non-hydrogen) atoms. The summed E-state index contributed by atoms with van der Waals surface area (Å²) in [6.45, 7) is 2.46. The Morgan fingerprint density at radius 3 is 2.85 bits per heavy atom. The first-order valence-corrected chi connectivity index (χ1v) is 9.55. The molecule has 138 valence electrons. The lowest BCUT2D eigenvalue weighted by molar-refractivity contribution is -0.136. The molecule has 6 heteroatoms. The number of hydrogen-bond acceptors (Lipinski definition) is 3. The minimum absolute atomic E-state index is 0.100. The molecule has 2 heterocycles. The van der Waals surface area contributed by atoms with Crippen molar-refractivity contribution in [1.29, 1.82) is 0 Å². The molecular formula is C20H25N3O3. The molecule has 1 saturated carbocycles. The molecule has 2 fully saturated rings. The van der Waals surface area contributed by atoms with Gasteiger partial charge in [-0.2, -0.15) is 0 Å². The van der Waals surface area contributed by atoms with Crippen molar-refractivity contribution in [2.24, 2.45) is 5.92 Å². The van der Waals surface area contributed by atoms with Crippen molar-refractivity contribution in [3.05, 3.63) is 29.8 Å². The number of anilines is 1. The van der Waals surface area contributed by atoms with Crippen LogP contribution in [-0.4, -0.2) is 41.4 Å². The van der Waals surface area contributed by atoms with E-state index in [1.54, 1.807) is 4.90 Å². The summed E-state index contributed by atoms with van der Waals surface area (Å²) in [5.41, 5.74) is 1.23. The van der Waals surface area contributed by atoms with E-state index in [1.165, 1.54) is 0 Å². The first-order valence-electron chi connectivity index (χ1n) is 9.55. The lowest BCUT2D eigenvalue weighted by atomic mass is 9.73. The van der Waals surface area contributed by atoms with Crippen molar-refractivity contribution >= 4 is 23.5 Å². The second-order valence-electron chi connectivity index (χ2n) is 7.72. The summed E-state index contributed by atoms with van der Waals surface area (Å²) in [4.78, 5) is 41.3. The van der Waals surface area contributed by atoms with Crippen LogP contribution >= 0.6 is 0 Å². The second-order valence-corrected chi connectivity index (χ2v) is 7.72. The number of benzene rings is 1. The average Bonchev–Trinajstić information content (AvgIpc) is 2.88. The highest BCUT2D eigenvalue weighted by Crippen LogP contribution is 2.38. The summed E-state index contributed by atoms with van der Waals surface area (Å²) in [7, 11) is 0. The molecule has 2 atom stereocenters. The van der Waals surface area contributed by atoms with E-state index < -0.39 is 11.6 Å². The average molecular weight is 355 g/mol. The van der Waals surface area contributed by atoms with Crippen LogP contribution in [0.25, 0.3) is 0 Å². The van der Waals surface area contributed by atoms with E-state index in [2.05, 4.69) is 5.32 Å². The van der Waals surface area contributed by atoms with Crippen LogP contribution in [0.4, 0.5) is 10.5 Å². The van der Waals surface area contributed by atoms with Gasteiger partial charge in [0.1, 0.15) is 12.1 Å². The van der Waals surface area contributed by atoms with Crippen LogP contribution in [0.1, 0.15) is 44.6 Å². The Labute approximate surface area is 153 Å². The van der Waals surface area contributed by atoms with Gasteiger partial charge in [0, 0.05) is 12.2 Å². The smallest absolute Gasteiger partial charge is 0.323 e. The molecule has 4 amide bonds. The van der Waals surface area contributed by atoms with Gasteiger partial charge in [-0.05, 0) is 43.2 Å². The van der Waals surface area contributed by atoms with Crippen LogP contribution in [0.2, 0.25) is 0 Å². The van der Waals surface area contributed by atoms with E-state index in [4.69, 9.17) is 0 Å². The molecule has 0 radical (unpaired) electrons. The minimum Gasteiger partial charge on any atom is -0.323 e. The zero-order valence-corrected chi connectivity index (χ0v) is 15.2. The summed E-state index contributed by atoms with van der Waals surface area (Å²) >= 11 is 0. The molecule has 4 rings (SSSR count). The van der Waals surface area contributed by atoms with Crippen LogP contribution in [0.3, 0.4) is 0 Å². The third-order valence-corrected chi connectivity index (χ3v) is 6.21. The molecule has 1 aromatic carbocycles. The van der Waals surface area contributed by atoms with Gasteiger partial charge >= 0.3 is 6.03 Å². The molecule has 6 nitrogen and oxygen atoms in total. The number of carbonyl (C=O) groups excluding carboxylic acids is 3. The molecule has 0 unspecified atom stereocenters. The lowest BCUT2D eigenvalue weighted by Gasteiger charge is -2.37. The summed E-state index contributed by atoms with van der Waals surface area (Å²) in [5, 5.41) is 2.91. The Morgan fingerprint density at radius 1 is 1.23 bits per heavy atom. The third-order valence-electron chi connectivity index (χ3n) is 6.21. The number of hydrogen-bond donors (Lipinski definition) is 1. The Morgan fingerprint density at radius 2 is 2.04 bits per heavy atom. The van der Waals surface area contributed by atoms with Gasteiger partial charge in [-0.25, -0.2) is 4.79 Å². The summed E-state index contributed by atoms with van der Waals surface area (Å²) in [5.74, 6) is -0.321. The SMILES string of the molecule is C[C@@H]1CCCC[C@]12NC(=O)N(CC(=O)N1CCCc3ccccc31)C2=O. The van der Waals surface area contributed by atoms with E-state index in [0.717, 1.165) is 48.3 Å². The van der Waals surface area contributed by atoms with Gasteiger partial charge in [-0.15, -0.1) is 0 Å². The van der Waals surface area contributed by atoms with Gasteiger partial charge in [0.25, 0.3) is 5.91 Å². The standard InChI is InChI=1S/C20H25N3O3/c1-14-7-4-5-11-20(14)18(25)23(19(26)21-20)13-17(24)22-12-6-9-15-8-2-3-10-16(15)22/h2-3,8,10,14H,4-7,9,11-13H2,1H3,(H,21,26)/t14-,20+/m1/s1. The largest absolute Gasteiger partial charge is 0.325 e. The fraction of sp³-hybridized carbons (Fsp3) is 0.550. The van der Waals surface area contributed by atoms with Gasteiger partial charge in [-0.1, -0.05) is 38.0 Å². The topological polar surface area (TPSA) is 69.7 Å². The van der Waals surface area contributed by atoms with Crippen LogP contribution in [-0.2, 0) is 16.0 Å². The fourth-order valence-corrected chi connectivity index (χ4v) is 4.65. The summed E-state index contributed by atoms with van der Waals surface area (Å²) in [6.07, 6.45) is 5.43. The van der Waals surface area contributed by atoms with Crippen molar-refractivity contribution in [2.45, 2.75) is 51.0 Å². The number of aryl methyl sites for hydroxylation is 1. The molecule has 1 N–H and O–H groups in total. The van der Waals surface area contributed by atoms with Crippen LogP contribution in [0, 0.1) is 5.92 Å². The molecule has 1 spiro atoms. The van der Waals surface area contributed by atoms with Gasteiger partial charge in [0.2, 0.25) is 5.91 Å². The Bertz CT molecular complexity index is 762. The van der Waals surface area contributed by atoms with Crippen molar-refractivity contribution in [2.75, 3.05) is 18.0 Å². The molecule has 3 aliphatic rings. The van der Waals surface area contributed by atoms with Crippen LogP contribution in [0.5, 0.6) is 0 Å². The predicted molar refractivity (Wildman–Crippen MR) is 97.7 cm³/mol. The number of carbonyl (C=O) groups is 3. The van der Waals surface area contributed by atoms with E-state index in [9.17, 15) is 14.4 Å². The maximum atomic E-state index is 13.0. The van der Waals surface area contributed by atoms with Crippen molar-refractivity contribution < 1.29 is 14.4 Å². The zero-order valence-electron chi connectivity index (χ0n) is 15.2. The van der Waals surface area contributed by atoms with Crippen molar-refractivity contribution in [3.63, 3.8) is 0 Å². The molecule has 2 aliphatic heterocycles. The van der Waals surface area contributed by atoms with E-state index in [0.29, 0.717) is 13.0 Å². The van der Waals surface area contributed by atoms with Crippen LogP contribution < -0.4 is 10.2 Å². The number of nitrogens with one attached hydrogen (secondary N) is 1. The minimum atomic E-state index is -0.810. The number of urea groups is 1. The molecule has 1 aliphatic carbocycles. The Balaban J connectivity index is 1.54. The number of imide groups is 1. The number of nitrogens with zero attached hydrogens (tertiary/aromatic N) is 2. The van der Waals surface area contributed by atoms with Gasteiger partial charge in [0.15, 0.2) is 0 Å². The monoisotopic (exact) mass is 355 g/mol. The van der Waals surface area contributed by atoms with E-state index in [-0.39, 0.29) is 24.3 Å². The molecule has 0 aromatic heterocycles. The Kier molecular flexibility index (Phi) is 4.21. The predicted octanol–water partition coefficient (Wildman–Crippen LogP) is 2.47. The number of amides is 4. The highest BCUT2D eigenvalue weighted by Gasteiger charge is 2.55. The Hall–Kier alpha value is -2.37. The zero-order chi connectivity index (χ0) is 18.3. The summed E-state index contributed by atoms with van der Waals surface area (Å²) < 4.78 is 0. The number of fused-ring (bicyclic) bond motifs is 1. The highest BCUT2D eigenvalue weighted by atomic mass is 16.2. The first-order chi connectivity index (χ1) is 12.5. The third kappa shape index (κ3) is 2.59. The number of rotatable bonds is 2. The molecule has 1 saturated heterocycles. The summed E-state index contributed by atoms with van der Waals surface area (Å²) in [6, 6.07) is 7.42. The first kappa shape index (κ1) is 17.1. The molecule has 0 bridgehead atoms. The second kappa shape index (κ2) is 6.41. The van der Waals surface area contributed by atoms with Gasteiger partial charge < -0.3 is 10.2 Å². The van der Waals surface area contributed by atoms with E-state index in [1.807, 2.05) is 31.2 Å². The van der Waals surface area contributed by atoms with E-state index >= 15 is 0 Å². The van der Waals surface area contributed by atoms with Gasteiger partial charge in [-0.3, -0.25) is 14.5 Å². The van der Waals surface area contributed by atoms with Gasteiger partial charge in [0.05, 0.1) is 0 Å². The normalized spacial score (nSPS) is 28.3. The maximum Gasteiger partial charge on any atom is 0.325 e. The fourth-order valence-electron chi connectivity index (χ4n) is 4.65. The molecule has 1 aromatic rings.